The lowest BCUT2D eigenvalue weighted by atomic mass is 10.1. The summed E-state index contributed by atoms with van der Waals surface area (Å²) in [6.45, 7) is 1.93. The van der Waals surface area contributed by atoms with Crippen LogP contribution in [0.25, 0.3) is 42.8 Å². The van der Waals surface area contributed by atoms with Gasteiger partial charge in [0.2, 0.25) is 0 Å². The third kappa shape index (κ3) is 11.2. The van der Waals surface area contributed by atoms with Crippen molar-refractivity contribution in [3.63, 3.8) is 0 Å². The molecule has 3 aromatic heterocycles. The number of nitrogens with two attached hydrogens (primary N) is 3. The van der Waals surface area contributed by atoms with Crippen LogP contribution in [0.1, 0.15) is 38.4 Å². The Labute approximate surface area is 274 Å². The van der Waals surface area contributed by atoms with E-state index >= 15 is 0 Å². The van der Waals surface area contributed by atoms with E-state index in [1.807, 2.05) is 78.2 Å². The van der Waals surface area contributed by atoms with Crippen LogP contribution in [0.5, 0.6) is 0 Å². The molecule has 0 atom stereocenters. The Morgan fingerprint density at radius 2 is 1.10 bits per heavy atom. The van der Waals surface area contributed by atoms with Gasteiger partial charge in [0, 0.05) is 46.3 Å². The predicted molar refractivity (Wildman–Crippen MR) is 183 cm³/mol. The minimum atomic E-state index is -0.664. The van der Waals surface area contributed by atoms with Crippen LogP contribution in [0.4, 0.5) is 0 Å². The number of aliphatic hydroxyl groups excluding tert-OH is 1. The van der Waals surface area contributed by atoms with E-state index in [2.05, 4.69) is 41.4 Å². The van der Waals surface area contributed by atoms with Gasteiger partial charge in [0.05, 0.1) is 7.11 Å². The summed E-state index contributed by atoms with van der Waals surface area (Å²) in [5.41, 5.74) is 11.0. The molecule has 3 heterocycles. The Hall–Kier alpha value is -6.35. The number of rotatable bonds is 3. The van der Waals surface area contributed by atoms with E-state index in [9.17, 15) is 14.4 Å². The number of nitrogens with one attached hydrogen (secondary N) is 1. The number of hydrazine groups is 2. The molecule has 3 aromatic carbocycles. The van der Waals surface area contributed by atoms with Gasteiger partial charge in [0.25, 0.3) is 11.8 Å². The number of pyridine rings is 3. The van der Waals surface area contributed by atoms with Crippen molar-refractivity contribution in [3.05, 3.63) is 137 Å². The number of aromatic nitrogens is 3. The molecular formula is C33H34N10O5. The summed E-state index contributed by atoms with van der Waals surface area (Å²) in [5.74, 6) is 11.6. The first-order chi connectivity index (χ1) is 23.3. The second kappa shape index (κ2) is 20.6. The zero-order chi connectivity index (χ0) is 35.3. The van der Waals surface area contributed by atoms with Crippen LogP contribution in [0.3, 0.4) is 0 Å². The van der Waals surface area contributed by atoms with E-state index in [4.69, 9.17) is 16.5 Å². The van der Waals surface area contributed by atoms with Gasteiger partial charge in [0.15, 0.2) is 0 Å². The van der Waals surface area contributed by atoms with Crippen molar-refractivity contribution in [1.82, 2.24) is 20.4 Å². The Morgan fingerprint density at radius 3 is 1.50 bits per heavy atom. The van der Waals surface area contributed by atoms with Crippen LogP contribution in [0.15, 0.2) is 115 Å². The van der Waals surface area contributed by atoms with Crippen molar-refractivity contribution >= 4 is 50.1 Å². The molecule has 0 bridgehead atoms. The van der Waals surface area contributed by atoms with Crippen LogP contribution < -0.4 is 23.0 Å². The highest BCUT2D eigenvalue weighted by atomic mass is 16.5. The van der Waals surface area contributed by atoms with Gasteiger partial charge >= 0.3 is 5.97 Å². The lowest BCUT2D eigenvalue weighted by Gasteiger charge is -2.00. The van der Waals surface area contributed by atoms with E-state index in [0.717, 1.165) is 32.3 Å². The van der Waals surface area contributed by atoms with E-state index in [-0.39, 0.29) is 18.2 Å². The van der Waals surface area contributed by atoms with Gasteiger partial charge in [-0.1, -0.05) is 72.8 Å². The van der Waals surface area contributed by atoms with Crippen LogP contribution in [0.2, 0.25) is 0 Å². The number of hydrogen-bond donors (Lipinski definition) is 5. The molecule has 6 rings (SSSR count). The molecule has 15 heteroatoms. The van der Waals surface area contributed by atoms with Crippen LogP contribution in [-0.4, -0.2) is 51.6 Å². The monoisotopic (exact) mass is 650 g/mol. The first kappa shape index (κ1) is 37.8. The van der Waals surface area contributed by atoms with Gasteiger partial charge in [0.1, 0.15) is 17.1 Å². The number of fused-ring (bicyclic) bond motifs is 3. The van der Waals surface area contributed by atoms with E-state index in [0.29, 0.717) is 11.4 Å². The molecular weight excluding hydrogens is 616 g/mol. The van der Waals surface area contributed by atoms with Crippen LogP contribution in [-0.2, 0) is 4.74 Å². The molecule has 15 nitrogen and oxygen atoms in total. The molecule has 0 radical (unpaired) electrons. The molecule has 48 heavy (non-hydrogen) atoms. The highest BCUT2D eigenvalue weighted by molar-refractivity contribution is 5.97. The quantitative estimate of drug-likeness (QED) is 0.0342. The van der Waals surface area contributed by atoms with Crippen molar-refractivity contribution in [1.29, 1.82) is 0 Å². The lowest BCUT2D eigenvalue weighted by Crippen LogP contribution is -2.30. The molecule has 0 saturated carbocycles. The number of ether oxygens (including phenoxy) is 1. The van der Waals surface area contributed by atoms with Crippen molar-refractivity contribution in [2.75, 3.05) is 13.7 Å². The average Bonchev–Trinajstić information content (AvgIpc) is 3.15. The van der Waals surface area contributed by atoms with E-state index < -0.39 is 11.9 Å². The summed E-state index contributed by atoms with van der Waals surface area (Å²) in [4.78, 5) is 47.9. The van der Waals surface area contributed by atoms with Gasteiger partial charge in [-0.15, -0.1) is 0 Å². The maximum Gasteiger partial charge on any atom is 0.356 e. The molecule has 246 valence electrons. The number of amides is 2. The molecule has 8 N–H and O–H groups in total. The zero-order valence-corrected chi connectivity index (χ0v) is 26.1. The first-order valence-corrected chi connectivity index (χ1v) is 14.0. The number of aliphatic hydroxyl groups is 1. The third-order valence-corrected chi connectivity index (χ3v) is 6.01. The molecule has 0 aliphatic carbocycles. The largest absolute Gasteiger partial charge is 0.464 e. The first-order valence-electron chi connectivity index (χ1n) is 14.0. The smallest absolute Gasteiger partial charge is 0.356 e. The standard InChI is InChI=1S/C11H9NO2.C10H6N4O.C10H9N3O.C2H6O.H4N2/c1-14-11(13)10-6-8-4-2-3-5-9(8)7-12-10;11-14-13-10(15)9-5-7-3-1-2-4-8(7)6-12-9;11-13-10(14)9-5-7-3-1-2-4-8(7)6-12-9;1-2-3;1-2/h2-7H,1H3;1-6H;1-6H,11H2,(H,13,14);3H,2H2,1H3;1-2H2. The van der Waals surface area contributed by atoms with E-state index in [1.54, 1.807) is 43.7 Å². The summed E-state index contributed by atoms with van der Waals surface area (Å²) in [6, 6.07) is 28.0. The number of esters is 1. The Bertz CT molecular complexity index is 1930. The summed E-state index contributed by atoms with van der Waals surface area (Å²) in [6.07, 6.45) is 4.90. The van der Waals surface area contributed by atoms with Crippen LogP contribution >= 0.6 is 0 Å². The van der Waals surface area contributed by atoms with Crippen LogP contribution in [0, 0.1) is 0 Å². The summed E-state index contributed by atoms with van der Waals surface area (Å²) in [7, 11) is 1.35. The normalized spacial score (nSPS) is 9.38. The summed E-state index contributed by atoms with van der Waals surface area (Å²) >= 11 is 0. The third-order valence-electron chi connectivity index (χ3n) is 6.01. The minimum absolute atomic E-state index is 0.159. The fraction of sp³-hybridized carbons (Fsp3) is 0.0909. The summed E-state index contributed by atoms with van der Waals surface area (Å²) in [5, 5.41) is 16.4. The highest BCUT2D eigenvalue weighted by Crippen LogP contribution is 2.15. The second-order valence-electron chi connectivity index (χ2n) is 9.03. The number of carbonyl (C=O) groups is 3. The van der Waals surface area contributed by atoms with Gasteiger partial charge in [-0.2, -0.15) is 0 Å². The minimum Gasteiger partial charge on any atom is -0.464 e. The Kier molecular flexibility index (Phi) is 16.3. The molecule has 0 fully saturated rings. The second-order valence-corrected chi connectivity index (χ2v) is 9.03. The fourth-order valence-corrected chi connectivity index (χ4v) is 3.87. The van der Waals surface area contributed by atoms with Gasteiger partial charge in [-0.25, -0.2) is 15.6 Å². The van der Waals surface area contributed by atoms with Gasteiger partial charge in [-0.3, -0.25) is 36.7 Å². The SMILES string of the molecule is CCO.COC(=O)c1cc2ccccc2cn1.NN.NNC(=O)c1cc2ccccc2cn1.[N-]=[N+]=NC(=O)c1cc2ccccc2cn1. The topological polar surface area (TPSA) is 258 Å². The number of hydrogen-bond acceptors (Lipinski definition) is 11. The number of benzene rings is 3. The molecule has 0 saturated heterocycles. The zero-order valence-electron chi connectivity index (χ0n) is 26.1. The summed E-state index contributed by atoms with van der Waals surface area (Å²) < 4.78 is 4.58. The number of methoxy groups -OCH3 is 1. The van der Waals surface area contributed by atoms with Crippen molar-refractivity contribution in [2.24, 2.45) is 22.6 Å². The highest BCUT2D eigenvalue weighted by Gasteiger charge is 2.07. The Balaban J connectivity index is 0.000000234. The van der Waals surface area contributed by atoms with Gasteiger partial charge < -0.3 is 9.84 Å². The number of carbonyl (C=O) groups excluding carboxylic acids is 3. The van der Waals surface area contributed by atoms with Gasteiger partial charge in [-0.05, 0) is 51.9 Å². The molecule has 0 aliphatic heterocycles. The molecule has 0 unspecified atom stereocenters. The fourth-order valence-electron chi connectivity index (χ4n) is 3.87. The molecule has 0 spiro atoms. The molecule has 6 aromatic rings. The van der Waals surface area contributed by atoms with Crippen molar-refractivity contribution in [2.45, 2.75) is 6.92 Å². The van der Waals surface area contributed by atoms with Crippen molar-refractivity contribution < 1.29 is 24.2 Å². The average molecular weight is 651 g/mol. The molecule has 0 aliphatic rings. The number of azide groups is 1. The Morgan fingerprint density at radius 1 is 0.750 bits per heavy atom. The maximum atomic E-state index is 11.2. The predicted octanol–water partition coefficient (Wildman–Crippen LogP) is 4.36. The molecule has 2 amide bonds. The lowest BCUT2D eigenvalue weighted by molar-refractivity contribution is 0.0594. The van der Waals surface area contributed by atoms with Crippen molar-refractivity contribution in [3.8, 4) is 0 Å². The number of nitrogens with zero attached hydrogens (tertiary/aromatic N) is 6. The number of nitrogen functional groups attached to an aromatic ring is 1. The maximum absolute atomic E-state index is 11.2. The van der Waals surface area contributed by atoms with E-state index in [1.165, 1.54) is 7.11 Å².